The van der Waals surface area contributed by atoms with Crippen LogP contribution in [0.15, 0.2) is 19.0 Å². The molecule has 12 heteroatoms. The van der Waals surface area contributed by atoms with Gasteiger partial charge < -0.3 is 9.73 Å². The number of carbonyl (C=O) groups is 1. The van der Waals surface area contributed by atoms with Crippen LogP contribution in [0.5, 0.6) is 0 Å². The Kier molecular flexibility index (Phi) is 8.08. The van der Waals surface area contributed by atoms with Gasteiger partial charge in [0.05, 0.1) is 6.42 Å². The second-order valence-corrected chi connectivity index (χ2v) is 5.16. The van der Waals surface area contributed by atoms with Crippen LogP contribution in [0.2, 0.25) is 0 Å². The van der Waals surface area contributed by atoms with Crippen LogP contribution in [-0.2, 0) is 4.79 Å². The van der Waals surface area contributed by atoms with Crippen molar-refractivity contribution in [3.63, 3.8) is 0 Å². The summed E-state index contributed by atoms with van der Waals surface area (Å²) in [5, 5.41) is 2.15. The van der Waals surface area contributed by atoms with Crippen molar-refractivity contribution in [1.82, 2.24) is 15.3 Å². The molecule has 0 radical (unpaired) electrons. The molecule has 0 saturated carbocycles. The summed E-state index contributed by atoms with van der Waals surface area (Å²) in [6, 6.07) is 0. The Morgan fingerprint density at radius 1 is 1.16 bits per heavy atom. The highest BCUT2D eigenvalue weighted by Gasteiger charge is 2.42. The number of unbranched alkanes of at least 4 members (excludes halogenated alkanes) is 3. The highest BCUT2D eigenvalue weighted by molar-refractivity contribution is 5.76. The lowest BCUT2D eigenvalue weighted by Crippen LogP contribution is -2.35. The number of nitrogens with zero attached hydrogens (tertiary/aromatic N) is 1. The second kappa shape index (κ2) is 9.79. The van der Waals surface area contributed by atoms with E-state index in [1.165, 1.54) is 0 Å². The third-order valence-corrected chi connectivity index (χ3v) is 3.00. The Hall–Kier alpha value is -2.40. The third kappa shape index (κ3) is 8.31. The lowest BCUT2D eigenvalue weighted by atomic mass is 10.2. The minimum absolute atomic E-state index is 0.103. The predicted octanol–water partition coefficient (Wildman–Crippen LogP) is 0.524. The summed E-state index contributed by atoms with van der Waals surface area (Å²) in [6.45, 7) is 0.391. The fourth-order valence-corrected chi connectivity index (χ4v) is 1.78. The molecule has 0 aromatic carbocycles. The Bertz CT molecular complexity index is 694. The summed E-state index contributed by atoms with van der Waals surface area (Å²) < 4.78 is 53.7. The lowest BCUT2D eigenvalue weighted by Gasteiger charge is -2.14. The van der Waals surface area contributed by atoms with Crippen molar-refractivity contribution in [2.45, 2.75) is 44.5 Å². The zero-order valence-electron chi connectivity index (χ0n) is 13.1. The van der Waals surface area contributed by atoms with Crippen LogP contribution in [0.4, 0.5) is 17.6 Å². The molecule has 0 spiro atoms. The quantitative estimate of drug-likeness (QED) is 0.411. The van der Waals surface area contributed by atoms with E-state index in [1.54, 1.807) is 0 Å². The summed E-state index contributed by atoms with van der Waals surface area (Å²) >= 11 is 0. The van der Waals surface area contributed by atoms with Crippen LogP contribution in [0.3, 0.4) is 0 Å². The highest BCUT2D eigenvalue weighted by atomic mass is 19.3. The zero-order chi connectivity index (χ0) is 18.9. The Balaban J connectivity index is 2.15. The first kappa shape index (κ1) is 20.6. The van der Waals surface area contributed by atoms with E-state index in [4.69, 9.17) is 0 Å². The van der Waals surface area contributed by atoms with Gasteiger partial charge in [-0.2, -0.15) is 8.78 Å². The molecule has 1 amide bonds. The van der Waals surface area contributed by atoms with Crippen LogP contribution in [-0.4, -0.2) is 41.3 Å². The van der Waals surface area contributed by atoms with Crippen molar-refractivity contribution < 1.29 is 26.8 Å². The number of amides is 1. The van der Waals surface area contributed by atoms with Crippen molar-refractivity contribution >= 4 is 5.91 Å². The van der Waals surface area contributed by atoms with Gasteiger partial charge >= 0.3 is 29.5 Å². The molecule has 3 N–H and O–H groups in total. The Morgan fingerprint density at radius 3 is 2.48 bits per heavy atom. The minimum Gasteiger partial charge on any atom is -0.375 e. The molecule has 0 aliphatic rings. The molecule has 0 bridgehead atoms. The largest absolute Gasteiger partial charge is 0.423 e. The summed E-state index contributed by atoms with van der Waals surface area (Å²) in [5.41, 5.74) is -0.927. The van der Waals surface area contributed by atoms with Gasteiger partial charge in [-0.25, -0.2) is 28.3 Å². The van der Waals surface area contributed by atoms with Crippen LogP contribution >= 0.6 is 0 Å². The van der Waals surface area contributed by atoms with Gasteiger partial charge in [0.15, 0.2) is 0 Å². The first-order valence-electron chi connectivity index (χ1n) is 7.47. The molecule has 1 aromatic heterocycles. The van der Waals surface area contributed by atoms with Crippen LogP contribution in [0.1, 0.15) is 32.1 Å². The molecule has 1 heterocycles. The van der Waals surface area contributed by atoms with Crippen molar-refractivity contribution in [1.29, 1.82) is 0 Å². The number of H-pyrrole nitrogens is 2. The Labute approximate surface area is 138 Å². The molecule has 1 rings (SSSR count). The maximum atomic E-state index is 12.6. The van der Waals surface area contributed by atoms with E-state index in [9.17, 15) is 31.9 Å². The minimum atomic E-state index is -4.32. The molecule has 0 saturated heterocycles. The number of aromatic amines is 2. The van der Waals surface area contributed by atoms with E-state index < -0.39 is 36.1 Å². The van der Waals surface area contributed by atoms with E-state index in [0.29, 0.717) is 25.7 Å². The van der Waals surface area contributed by atoms with Crippen LogP contribution < -0.4 is 22.4 Å². The smallest absolute Gasteiger partial charge is 0.375 e. The number of hydrogen-bond acceptors (Lipinski definition) is 5. The zero-order valence-corrected chi connectivity index (χ0v) is 13.1. The average Bonchev–Trinajstić information content (AvgIpc) is 2.48. The molecule has 0 atom stereocenters. The van der Waals surface area contributed by atoms with Gasteiger partial charge in [-0.3, -0.25) is 9.78 Å². The summed E-state index contributed by atoms with van der Waals surface area (Å²) in [7, 11) is 0. The molecule has 0 unspecified atom stereocenters. The van der Waals surface area contributed by atoms with Gasteiger partial charge in [-0.05, 0) is 12.8 Å². The van der Waals surface area contributed by atoms with Crippen molar-refractivity contribution in [3.05, 3.63) is 26.7 Å². The fourth-order valence-electron chi connectivity index (χ4n) is 1.78. The molecule has 0 aliphatic carbocycles. The number of halogens is 4. The van der Waals surface area contributed by atoms with Crippen molar-refractivity contribution in [3.8, 4) is 0 Å². The molecular weight excluding hydrogens is 352 g/mol. The van der Waals surface area contributed by atoms with Gasteiger partial charge in [0.1, 0.15) is 0 Å². The van der Waals surface area contributed by atoms with Crippen LogP contribution in [0, 0.1) is 0 Å². The number of rotatable bonds is 10. The predicted molar refractivity (Wildman–Crippen MR) is 77.4 cm³/mol. The van der Waals surface area contributed by atoms with Crippen molar-refractivity contribution in [2.24, 2.45) is 4.99 Å². The maximum Gasteiger partial charge on any atom is 0.423 e. The van der Waals surface area contributed by atoms with E-state index >= 15 is 0 Å². The van der Waals surface area contributed by atoms with E-state index in [0.717, 1.165) is 0 Å². The Morgan fingerprint density at radius 2 is 1.84 bits per heavy atom. The first-order chi connectivity index (χ1) is 11.7. The number of aromatic nitrogens is 2. The molecule has 0 fully saturated rings. The molecule has 142 valence electrons. The highest BCUT2D eigenvalue weighted by Crippen LogP contribution is 2.26. The third-order valence-electron chi connectivity index (χ3n) is 3.00. The normalized spacial score (nSPS) is 12.6. The fraction of sp³-hybridized carbons (Fsp3) is 0.692. The first-order valence-corrected chi connectivity index (χ1v) is 7.47. The number of hydrogen-bond donors (Lipinski definition) is 3. The van der Waals surface area contributed by atoms with E-state index in [2.05, 4.69) is 19.7 Å². The summed E-state index contributed by atoms with van der Waals surface area (Å²) in [4.78, 5) is 40.8. The van der Waals surface area contributed by atoms with Gasteiger partial charge in [-0.15, -0.1) is 0 Å². The monoisotopic (exact) mass is 370 g/mol. The van der Waals surface area contributed by atoms with E-state index in [1.807, 2.05) is 4.98 Å². The lowest BCUT2D eigenvalue weighted by molar-refractivity contribution is -0.151. The summed E-state index contributed by atoms with van der Waals surface area (Å²) in [6.07, 6.45) is -3.00. The molecule has 0 aliphatic heterocycles. The maximum absolute atomic E-state index is 12.6. The topological polar surface area (TPSA) is 120 Å². The number of alkyl halides is 4. The van der Waals surface area contributed by atoms with Gasteiger partial charge in [0.2, 0.25) is 5.91 Å². The molecule has 1 aromatic rings. The van der Waals surface area contributed by atoms with Gasteiger partial charge in [0.25, 0.3) is 0 Å². The summed E-state index contributed by atoms with van der Waals surface area (Å²) in [5.74, 6) is -6.37. The molecular formula is C13H18F4N4O4. The van der Waals surface area contributed by atoms with Gasteiger partial charge in [-0.1, -0.05) is 12.8 Å². The molecule has 25 heavy (non-hydrogen) atoms. The van der Waals surface area contributed by atoms with Crippen molar-refractivity contribution in [2.75, 3.05) is 13.1 Å². The van der Waals surface area contributed by atoms with Gasteiger partial charge in [0, 0.05) is 13.1 Å². The molecule has 8 nitrogen and oxygen atoms in total. The SMILES string of the molecule is O=C(CC(F)(F)C(F)F)NCCCCCCN=c1[nH]c(=O)[nH]c(=O)o1. The van der Waals surface area contributed by atoms with Crippen LogP contribution in [0.25, 0.3) is 0 Å². The standard InChI is InChI=1S/C13H18F4N4O4/c14-9(15)13(16,17)7-8(22)18-5-3-1-2-4-6-19-11-20-10(23)21-12(24)25-11/h9H,1-7H2,(H,18,22)(H2,19,20,21,23,24). The average molecular weight is 370 g/mol. The van der Waals surface area contributed by atoms with E-state index in [-0.39, 0.29) is 18.8 Å². The second-order valence-electron chi connectivity index (χ2n) is 5.16. The number of nitrogens with one attached hydrogen (secondary N) is 3. The number of carbonyl (C=O) groups excluding carboxylic acids is 1.